The van der Waals surface area contributed by atoms with E-state index in [9.17, 15) is 24.0 Å². The Morgan fingerprint density at radius 2 is 1.17 bits per heavy atom. The molecule has 8 rings (SSSR count). The number of anilines is 1. The van der Waals surface area contributed by atoms with Gasteiger partial charge in [-0.15, -0.1) is 0 Å². The number of hydrogen-bond donors (Lipinski definition) is 3. The topological polar surface area (TPSA) is 213 Å². The van der Waals surface area contributed by atoms with Crippen molar-refractivity contribution in [1.29, 1.82) is 0 Å². The Hall–Kier alpha value is -7.95. The summed E-state index contributed by atoms with van der Waals surface area (Å²) < 4.78 is 29.0. The third-order valence-corrected chi connectivity index (χ3v) is 14.2. The molecule has 4 aliphatic rings. The minimum absolute atomic E-state index is 0.150. The third kappa shape index (κ3) is 12.0. The van der Waals surface area contributed by atoms with Crippen LogP contribution in [-0.4, -0.2) is 104 Å². The van der Waals surface area contributed by atoms with Gasteiger partial charge in [-0.2, -0.15) is 0 Å². The Morgan fingerprint density at radius 3 is 1.63 bits per heavy atom. The van der Waals surface area contributed by atoms with Gasteiger partial charge in [-0.25, -0.2) is 0 Å². The van der Waals surface area contributed by atoms with Crippen molar-refractivity contribution in [2.24, 2.45) is 33.5 Å². The lowest BCUT2D eigenvalue weighted by Gasteiger charge is -2.28. The lowest BCUT2D eigenvalue weighted by atomic mass is 9.79. The number of ether oxygens (including phenoxy) is 5. The predicted octanol–water partition coefficient (Wildman–Crippen LogP) is 9.29. The van der Waals surface area contributed by atoms with Gasteiger partial charge in [0.2, 0.25) is 17.7 Å². The number of fused-ring (bicyclic) bond motifs is 4. The van der Waals surface area contributed by atoms with E-state index < -0.39 is 29.7 Å². The molecular weight excluding hydrogens is 955 g/mol. The number of hydrogen-bond acceptors (Lipinski definition) is 12. The summed E-state index contributed by atoms with van der Waals surface area (Å²) in [5.41, 5.74) is 12.0. The average Bonchev–Trinajstić information content (AvgIpc) is 4.00. The highest BCUT2D eigenvalue weighted by molar-refractivity contribution is 6.07. The van der Waals surface area contributed by atoms with E-state index in [0.29, 0.717) is 83.7 Å². The van der Waals surface area contributed by atoms with Gasteiger partial charge < -0.3 is 49.9 Å². The number of aliphatic imine (C=N–C) groups is 2. The average molecular weight is 1020 g/mol. The zero-order chi connectivity index (χ0) is 53.3. The van der Waals surface area contributed by atoms with Crippen molar-refractivity contribution < 1.29 is 47.7 Å². The summed E-state index contributed by atoms with van der Waals surface area (Å²) in [7, 11) is 4.72. The van der Waals surface area contributed by atoms with E-state index >= 15 is 0 Å². The van der Waals surface area contributed by atoms with Crippen molar-refractivity contribution in [1.82, 2.24) is 15.1 Å². The summed E-state index contributed by atoms with van der Waals surface area (Å²) in [6.07, 6.45) is 12.9. The van der Waals surface area contributed by atoms with Gasteiger partial charge in [0, 0.05) is 61.4 Å². The van der Waals surface area contributed by atoms with Crippen LogP contribution in [0.25, 0.3) is 11.1 Å². The van der Waals surface area contributed by atoms with Crippen LogP contribution in [0.3, 0.4) is 0 Å². The quantitative estimate of drug-likeness (QED) is 0.0599. The molecule has 4 N–H and O–H groups in total. The van der Waals surface area contributed by atoms with Crippen molar-refractivity contribution >= 4 is 70.2 Å². The number of primary amides is 1. The molecule has 0 spiro atoms. The first-order chi connectivity index (χ1) is 36.2. The molecule has 4 aromatic carbocycles. The van der Waals surface area contributed by atoms with Crippen molar-refractivity contribution in [3.8, 4) is 28.7 Å². The van der Waals surface area contributed by atoms with E-state index in [2.05, 4.69) is 10.6 Å². The normalized spacial score (nSPS) is 17.5. The Bertz CT molecular complexity index is 2910. The number of rotatable bonds is 23. The lowest BCUT2D eigenvalue weighted by Crippen LogP contribution is -2.48. The summed E-state index contributed by atoms with van der Waals surface area (Å²) >= 11 is 0. The summed E-state index contributed by atoms with van der Waals surface area (Å²) in [6.45, 7) is 8.17. The Kier molecular flexibility index (Phi) is 17.0. The Balaban J connectivity index is 0.811. The second kappa shape index (κ2) is 23.9. The number of unbranched alkanes of at least 4 members (excludes halogenated alkanes) is 3. The van der Waals surface area contributed by atoms with E-state index in [1.54, 1.807) is 73.6 Å². The smallest absolute Gasteiger partial charge is 0.260 e. The number of carbonyl (C=O) groups is 5. The van der Waals surface area contributed by atoms with Gasteiger partial charge >= 0.3 is 0 Å². The molecule has 4 heterocycles. The number of nitrogens with one attached hydrogen (secondary N) is 2. The second-order valence-electron chi connectivity index (χ2n) is 19.6. The molecule has 5 atom stereocenters. The molecular formula is C58H67N7O10. The maximum atomic E-state index is 14.1. The van der Waals surface area contributed by atoms with E-state index in [1.165, 1.54) is 7.11 Å². The number of benzene rings is 4. The van der Waals surface area contributed by atoms with E-state index in [4.69, 9.17) is 39.4 Å². The molecule has 17 nitrogen and oxygen atoms in total. The molecule has 0 saturated heterocycles. The first kappa shape index (κ1) is 53.3. The summed E-state index contributed by atoms with van der Waals surface area (Å²) in [6, 6.07) is 20.6. The molecule has 4 aromatic rings. The summed E-state index contributed by atoms with van der Waals surface area (Å²) in [5, 5.41) is 5.66. The van der Waals surface area contributed by atoms with Crippen LogP contribution in [0.4, 0.5) is 17.1 Å². The van der Waals surface area contributed by atoms with Crippen molar-refractivity contribution in [3.63, 3.8) is 0 Å². The molecule has 75 heavy (non-hydrogen) atoms. The van der Waals surface area contributed by atoms with Gasteiger partial charge in [-0.05, 0) is 97.2 Å². The van der Waals surface area contributed by atoms with E-state index in [1.807, 2.05) is 75.8 Å². The van der Waals surface area contributed by atoms with Crippen molar-refractivity contribution in [2.75, 3.05) is 39.9 Å². The molecule has 0 bridgehead atoms. The highest BCUT2D eigenvalue weighted by atomic mass is 16.5. The van der Waals surface area contributed by atoms with E-state index in [0.717, 1.165) is 60.1 Å². The maximum Gasteiger partial charge on any atom is 0.260 e. The zero-order valence-electron chi connectivity index (χ0n) is 43.7. The maximum absolute atomic E-state index is 14.1. The highest BCUT2D eigenvalue weighted by Crippen LogP contribution is 2.42. The third-order valence-electron chi connectivity index (χ3n) is 14.2. The van der Waals surface area contributed by atoms with Gasteiger partial charge in [0.05, 0.1) is 75.0 Å². The van der Waals surface area contributed by atoms with Crippen LogP contribution in [0, 0.1) is 17.8 Å². The SMILES string of the molecule is CCCCC(C(N)=O)[C@@H](C(=O)N[C@@H](C)C(=O)Nc1ccc(C2=CN3C(=O)c4cc(OC)c(OCCCCCOc5cc6c(cc5OC)C(=O)N5C=C(c7ccc(OC)cc7)C[C@H]5C=N6)cc4N=C[C@@H]3C2)cc1)C(C)C. The lowest BCUT2D eigenvalue weighted by molar-refractivity contribution is -0.136. The summed E-state index contributed by atoms with van der Waals surface area (Å²) in [5.74, 6) is -0.450. The fourth-order valence-electron chi connectivity index (χ4n) is 9.96. The molecule has 1 unspecified atom stereocenters. The first-order valence-electron chi connectivity index (χ1n) is 25.7. The molecule has 0 radical (unpaired) electrons. The molecule has 0 fully saturated rings. The molecule has 0 saturated carbocycles. The second-order valence-corrected chi connectivity index (χ2v) is 19.6. The zero-order valence-corrected chi connectivity index (χ0v) is 43.7. The van der Waals surface area contributed by atoms with Gasteiger partial charge in [0.15, 0.2) is 23.0 Å². The minimum Gasteiger partial charge on any atom is -0.497 e. The van der Waals surface area contributed by atoms with Crippen LogP contribution in [0.15, 0.2) is 95.2 Å². The monoisotopic (exact) mass is 1020 g/mol. The number of nitrogens with zero attached hydrogens (tertiary/aromatic N) is 4. The number of methoxy groups -OCH3 is 3. The Labute approximate surface area is 438 Å². The number of nitrogens with two attached hydrogens (primary N) is 1. The Morgan fingerprint density at radius 1 is 0.667 bits per heavy atom. The predicted molar refractivity (Wildman–Crippen MR) is 288 cm³/mol. The standard InChI is InChI=1S/C58H67N7O10/c1-8-9-13-44(54(59)66)53(34(2)3)56(68)62-35(4)55(67)63-40-18-14-36(15-19-40)38-24-41-30-60-47-28-51(49(72-6)26-45(47)57(69)64(41)32-38)74-22-11-10-12-23-75-52-29-48-46(27-50(52)73-7)58(70)65-33-39(25-42(65)31-61-48)37-16-20-43(71-5)21-17-37/h14-21,26-35,41-42,44,53H,8-13,22-25H2,1-7H3,(H2,59,66)(H,62,68)(H,63,67)/t35-,41-,42-,44?,53-/m0/s1. The fourth-order valence-corrected chi connectivity index (χ4v) is 9.96. The molecule has 17 heteroatoms. The van der Waals surface area contributed by atoms with Gasteiger partial charge in [-0.1, -0.05) is 57.9 Å². The van der Waals surface area contributed by atoms with Gasteiger partial charge in [0.1, 0.15) is 11.8 Å². The molecule has 0 aliphatic carbocycles. The van der Waals surface area contributed by atoms with Crippen molar-refractivity contribution in [3.05, 3.63) is 107 Å². The molecule has 0 aromatic heterocycles. The van der Waals surface area contributed by atoms with Gasteiger partial charge in [-0.3, -0.25) is 34.0 Å². The number of amides is 5. The fraction of sp³-hybridized carbons (Fsp3) is 0.397. The largest absolute Gasteiger partial charge is 0.497 e. The molecule has 5 amide bonds. The first-order valence-corrected chi connectivity index (χ1v) is 25.7. The van der Waals surface area contributed by atoms with Crippen LogP contribution >= 0.6 is 0 Å². The van der Waals surface area contributed by atoms with Crippen LogP contribution in [-0.2, 0) is 14.4 Å². The highest BCUT2D eigenvalue weighted by Gasteiger charge is 2.37. The van der Waals surface area contributed by atoms with Crippen LogP contribution in [0.1, 0.15) is 111 Å². The van der Waals surface area contributed by atoms with Crippen molar-refractivity contribution in [2.45, 2.75) is 97.2 Å². The van der Waals surface area contributed by atoms with Crippen LogP contribution in [0.5, 0.6) is 28.7 Å². The minimum atomic E-state index is -0.863. The molecule has 394 valence electrons. The van der Waals surface area contributed by atoms with Gasteiger partial charge in [0.25, 0.3) is 11.8 Å². The molecule has 4 aliphatic heterocycles. The van der Waals surface area contributed by atoms with Crippen LogP contribution in [0.2, 0.25) is 0 Å². The summed E-state index contributed by atoms with van der Waals surface area (Å²) in [4.78, 5) is 79.6. The van der Waals surface area contributed by atoms with E-state index in [-0.39, 0.29) is 35.7 Å². The number of carbonyl (C=O) groups excluding carboxylic acids is 5. The van der Waals surface area contributed by atoms with Crippen LogP contribution < -0.4 is 40.1 Å².